The lowest BCUT2D eigenvalue weighted by Gasteiger charge is -2.37. The highest BCUT2D eigenvalue weighted by atomic mass is 16.7. The van der Waals surface area contributed by atoms with Gasteiger partial charge < -0.3 is 18.8 Å². The summed E-state index contributed by atoms with van der Waals surface area (Å²) >= 11 is 0. The van der Waals surface area contributed by atoms with E-state index in [-0.39, 0.29) is 24.7 Å². The third-order valence-corrected chi connectivity index (χ3v) is 4.74. The Hall–Kier alpha value is -2.18. The lowest BCUT2D eigenvalue weighted by Crippen LogP contribution is -2.50. The maximum absolute atomic E-state index is 12.8. The van der Waals surface area contributed by atoms with Crippen LogP contribution >= 0.6 is 0 Å². The van der Waals surface area contributed by atoms with Gasteiger partial charge in [0.05, 0.1) is 31.4 Å². The Morgan fingerprint density at radius 1 is 1.16 bits per heavy atom. The highest BCUT2D eigenvalue weighted by molar-refractivity contribution is 5.79. The highest BCUT2D eigenvalue weighted by Crippen LogP contribution is 2.25. The lowest BCUT2D eigenvalue weighted by molar-refractivity contribution is -0.150. The molecule has 2 aliphatic heterocycles. The Balaban J connectivity index is 1.44. The van der Waals surface area contributed by atoms with Gasteiger partial charge in [-0.05, 0) is 31.4 Å². The van der Waals surface area contributed by atoms with E-state index in [1.807, 2.05) is 35.2 Å². The van der Waals surface area contributed by atoms with E-state index in [4.69, 9.17) is 13.9 Å². The average Bonchev–Trinajstić information content (AvgIpc) is 3.34. The molecular formula is C19H22N2O4. The minimum Gasteiger partial charge on any atom is -0.444 e. The second-order valence-electron chi connectivity index (χ2n) is 6.45. The SMILES string of the molecule is O=C(Cc1coc(-c2ccccc2)n1)N1CCCC[C@@H]1C1OCCO1. The average molecular weight is 342 g/mol. The van der Waals surface area contributed by atoms with Gasteiger partial charge in [-0.1, -0.05) is 18.2 Å². The summed E-state index contributed by atoms with van der Waals surface area (Å²) in [6.45, 7) is 1.95. The largest absolute Gasteiger partial charge is 0.444 e. The quantitative estimate of drug-likeness (QED) is 0.855. The lowest BCUT2D eigenvalue weighted by atomic mass is 10.0. The molecule has 2 fully saturated rings. The number of carbonyl (C=O) groups is 1. The van der Waals surface area contributed by atoms with Gasteiger partial charge in [0.1, 0.15) is 6.26 Å². The van der Waals surface area contributed by atoms with Gasteiger partial charge in [-0.15, -0.1) is 0 Å². The van der Waals surface area contributed by atoms with Crippen molar-refractivity contribution in [3.63, 3.8) is 0 Å². The van der Waals surface area contributed by atoms with E-state index in [1.165, 1.54) is 0 Å². The second-order valence-corrected chi connectivity index (χ2v) is 6.45. The van der Waals surface area contributed by atoms with Crippen molar-refractivity contribution >= 4 is 5.91 Å². The van der Waals surface area contributed by atoms with Crippen LogP contribution in [-0.4, -0.2) is 47.9 Å². The molecule has 6 nitrogen and oxygen atoms in total. The zero-order valence-corrected chi connectivity index (χ0v) is 14.1. The molecular weight excluding hydrogens is 320 g/mol. The first-order valence-electron chi connectivity index (χ1n) is 8.84. The van der Waals surface area contributed by atoms with Crippen LogP contribution in [0.5, 0.6) is 0 Å². The number of hydrogen-bond acceptors (Lipinski definition) is 5. The van der Waals surface area contributed by atoms with Crippen molar-refractivity contribution in [1.29, 1.82) is 0 Å². The number of amides is 1. The summed E-state index contributed by atoms with van der Waals surface area (Å²) in [6, 6.07) is 9.69. The van der Waals surface area contributed by atoms with E-state index in [2.05, 4.69) is 4.98 Å². The molecule has 0 unspecified atom stereocenters. The summed E-state index contributed by atoms with van der Waals surface area (Å²) in [5, 5.41) is 0. The van der Waals surface area contributed by atoms with Gasteiger partial charge in [0.25, 0.3) is 0 Å². The van der Waals surface area contributed by atoms with Gasteiger partial charge in [0.15, 0.2) is 6.29 Å². The molecule has 0 N–H and O–H groups in total. The van der Waals surface area contributed by atoms with Crippen molar-refractivity contribution in [1.82, 2.24) is 9.88 Å². The Bertz CT molecular complexity index is 709. The van der Waals surface area contributed by atoms with Crippen LogP contribution in [0.4, 0.5) is 0 Å². The van der Waals surface area contributed by atoms with Crippen molar-refractivity contribution in [2.24, 2.45) is 0 Å². The fourth-order valence-electron chi connectivity index (χ4n) is 3.51. The van der Waals surface area contributed by atoms with Gasteiger partial charge in [-0.3, -0.25) is 4.79 Å². The topological polar surface area (TPSA) is 64.8 Å². The van der Waals surface area contributed by atoms with Crippen molar-refractivity contribution in [3.8, 4) is 11.5 Å². The van der Waals surface area contributed by atoms with E-state index < -0.39 is 0 Å². The number of piperidine rings is 1. The van der Waals surface area contributed by atoms with Crippen molar-refractivity contribution in [2.45, 2.75) is 38.0 Å². The summed E-state index contributed by atoms with van der Waals surface area (Å²) in [4.78, 5) is 19.2. The van der Waals surface area contributed by atoms with Crippen molar-refractivity contribution < 1.29 is 18.7 Å². The molecule has 0 spiro atoms. The van der Waals surface area contributed by atoms with Crippen LogP contribution in [0.3, 0.4) is 0 Å². The number of benzene rings is 1. The first kappa shape index (κ1) is 16.3. The molecule has 0 aliphatic carbocycles. The summed E-state index contributed by atoms with van der Waals surface area (Å²) in [6.07, 6.45) is 4.55. The fourth-order valence-corrected chi connectivity index (χ4v) is 3.51. The number of likely N-dealkylation sites (tertiary alicyclic amines) is 1. The standard InChI is InChI=1S/C19H22N2O4/c22-17(21-9-5-4-8-16(21)19-23-10-11-24-19)12-15-13-25-18(20-15)14-6-2-1-3-7-14/h1-3,6-7,13,16,19H,4-5,8-12H2/t16-/m1/s1. The zero-order valence-electron chi connectivity index (χ0n) is 14.1. The van der Waals surface area contributed by atoms with Gasteiger partial charge in [-0.25, -0.2) is 4.98 Å². The van der Waals surface area contributed by atoms with E-state index in [0.29, 0.717) is 24.8 Å². The van der Waals surface area contributed by atoms with Crippen LogP contribution in [0, 0.1) is 0 Å². The number of rotatable bonds is 4. The second kappa shape index (κ2) is 7.37. The smallest absolute Gasteiger partial charge is 0.229 e. The van der Waals surface area contributed by atoms with Gasteiger partial charge in [-0.2, -0.15) is 0 Å². The Labute approximate surface area is 146 Å². The third-order valence-electron chi connectivity index (χ3n) is 4.74. The van der Waals surface area contributed by atoms with Crippen molar-refractivity contribution in [3.05, 3.63) is 42.3 Å². The molecule has 25 heavy (non-hydrogen) atoms. The van der Waals surface area contributed by atoms with E-state index >= 15 is 0 Å². The Kier molecular flexibility index (Phi) is 4.81. The van der Waals surface area contributed by atoms with E-state index in [0.717, 1.165) is 31.4 Å². The molecule has 6 heteroatoms. The predicted molar refractivity (Wildman–Crippen MR) is 90.7 cm³/mol. The molecule has 132 valence electrons. The van der Waals surface area contributed by atoms with Crippen molar-refractivity contribution in [2.75, 3.05) is 19.8 Å². The molecule has 0 bridgehead atoms. The van der Waals surface area contributed by atoms with Crippen LogP contribution in [0.15, 0.2) is 41.0 Å². The minimum atomic E-state index is -0.290. The number of hydrogen-bond donors (Lipinski definition) is 0. The monoisotopic (exact) mass is 342 g/mol. The van der Waals surface area contributed by atoms with Crippen LogP contribution in [-0.2, 0) is 20.7 Å². The number of ether oxygens (including phenoxy) is 2. The molecule has 1 atom stereocenters. The molecule has 1 amide bonds. The van der Waals surface area contributed by atoms with Crippen LogP contribution in [0.2, 0.25) is 0 Å². The molecule has 0 radical (unpaired) electrons. The Morgan fingerprint density at radius 3 is 2.76 bits per heavy atom. The molecule has 0 saturated carbocycles. The first-order chi connectivity index (χ1) is 12.3. The molecule has 1 aromatic heterocycles. The maximum Gasteiger partial charge on any atom is 0.229 e. The number of oxazole rings is 1. The summed E-state index contributed by atoms with van der Waals surface area (Å²) < 4.78 is 16.8. The molecule has 4 rings (SSSR count). The normalized spacial score (nSPS) is 21.6. The fraction of sp³-hybridized carbons (Fsp3) is 0.474. The highest BCUT2D eigenvalue weighted by Gasteiger charge is 2.36. The van der Waals surface area contributed by atoms with Gasteiger partial charge in [0.2, 0.25) is 11.8 Å². The minimum absolute atomic E-state index is 0.00393. The van der Waals surface area contributed by atoms with Crippen LogP contribution in [0.1, 0.15) is 25.0 Å². The third kappa shape index (κ3) is 3.60. The first-order valence-corrected chi connectivity index (χ1v) is 8.84. The van der Waals surface area contributed by atoms with E-state index in [1.54, 1.807) is 6.26 Å². The van der Waals surface area contributed by atoms with Crippen LogP contribution in [0.25, 0.3) is 11.5 Å². The summed E-state index contributed by atoms with van der Waals surface area (Å²) in [5.74, 6) is 0.595. The number of aromatic nitrogens is 1. The summed E-state index contributed by atoms with van der Waals surface area (Å²) in [5.41, 5.74) is 1.56. The predicted octanol–water partition coefficient (Wildman–Crippen LogP) is 2.64. The zero-order chi connectivity index (χ0) is 17.1. The van der Waals surface area contributed by atoms with Gasteiger partial charge >= 0.3 is 0 Å². The molecule has 1 aromatic carbocycles. The molecule has 2 aromatic rings. The van der Waals surface area contributed by atoms with Gasteiger partial charge in [0, 0.05) is 12.1 Å². The van der Waals surface area contributed by atoms with Crippen LogP contribution < -0.4 is 0 Å². The number of nitrogens with zero attached hydrogens (tertiary/aromatic N) is 2. The van der Waals surface area contributed by atoms with E-state index in [9.17, 15) is 4.79 Å². The molecule has 3 heterocycles. The molecule has 2 aliphatic rings. The Morgan fingerprint density at radius 2 is 1.96 bits per heavy atom. The summed E-state index contributed by atoms with van der Waals surface area (Å²) in [7, 11) is 0. The number of carbonyl (C=O) groups excluding carboxylic acids is 1. The maximum atomic E-state index is 12.8. The molecule has 2 saturated heterocycles.